The van der Waals surface area contributed by atoms with Crippen molar-refractivity contribution >= 4 is 11.7 Å². The molecule has 0 spiro atoms. The maximum absolute atomic E-state index is 12.5. The summed E-state index contributed by atoms with van der Waals surface area (Å²) in [4.78, 5) is 13.9. The molecule has 1 heterocycles. The molecule has 1 atom stereocenters. The van der Waals surface area contributed by atoms with Gasteiger partial charge in [-0.2, -0.15) is 13.2 Å². The second-order valence-electron chi connectivity index (χ2n) is 4.48. The van der Waals surface area contributed by atoms with Crippen LogP contribution in [0.3, 0.4) is 0 Å². The van der Waals surface area contributed by atoms with E-state index in [2.05, 4.69) is 4.99 Å². The first-order chi connectivity index (χ1) is 7.71. The number of hydrogen-bond donors (Lipinski definition) is 0. The zero-order valence-corrected chi connectivity index (χ0v) is 9.54. The molecule has 0 aliphatic carbocycles. The van der Waals surface area contributed by atoms with Crippen LogP contribution in [0.2, 0.25) is 0 Å². The van der Waals surface area contributed by atoms with Gasteiger partial charge in [0.1, 0.15) is 5.71 Å². The first kappa shape index (κ1) is 13.7. The first-order valence-electron chi connectivity index (χ1n) is 5.27. The Morgan fingerprint density at radius 3 is 2.59 bits per heavy atom. The van der Waals surface area contributed by atoms with Gasteiger partial charge >= 0.3 is 6.18 Å². The molecule has 1 aliphatic heterocycles. The summed E-state index contributed by atoms with van der Waals surface area (Å²) in [6.07, 6.45) is -3.74. The Hall–Kier alpha value is -1.33. The fourth-order valence-corrected chi connectivity index (χ4v) is 1.84. The number of carbonyl (C=O) groups excluding carboxylic acids is 1. The summed E-state index contributed by atoms with van der Waals surface area (Å²) in [5.41, 5.74) is -1.07. The predicted octanol–water partition coefficient (Wildman–Crippen LogP) is 1.69. The monoisotopic (exact) mass is 248 g/mol. The van der Waals surface area contributed by atoms with Crippen LogP contribution in [0.1, 0.15) is 26.7 Å². The van der Waals surface area contributed by atoms with Crippen molar-refractivity contribution in [2.45, 2.75) is 32.9 Å². The summed E-state index contributed by atoms with van der Waals surface area (Å²) < 4.78 is 37.4. The Labute approximate surface area is 97.0 Å². The molecule has 96 valence electrons. The van der Waals surface area contributed by atoms with Gasteiger partial charge in [0.25, 0.3) is 0 Å². The topological polar surface area (TPSA) is 52.5 Å². The van der Waals surface area contributed by atoms with Crippen LogP contribution in [0.4, 0.5) is 13.2 Å². The first-order valence-corrected chi connectivity index (χ1v) is 5.27. The Kier molecular flexibility index (Phi) is 3.95. The van der Waals surface area contributed by atoms with Crippen molar-refractivity contribution in [1.29, 1.82) is 0 Å². The van der Waals surface area contributed by atoms with Gasteiger partial charge in [0.2, 0.25) is 0 Å². The summed E-state index contributed by atoms with van der Waals surface area (Å²) in [6, 6.07) is 0. The van der Waals surface area contributed by atoms with Crippen LogP contribution in [-0.4, -0.2) is 17.9 Å². The molecule has 0 radical (unpaired) electrons. The predicted molar refractivity (Wildman–Crippen MR) is 54.1 cm³/mol. The van der Waals surface area contributed by atoms with E-state index >= 15 is 0 Å². The summed E-state index contributed by atoms with van der Waals surface area (Å²) in [5.74, 6) is -2.01. The average molecular weight is 248 g/mol. The van der Waals surface area contributed by atoms with Crippen LogP contribution in [-0.2, 0) is 4.79 Å². The zero-order valence-electron chi connectivity index (χ0n) is 9.54. The van der Waals surface area contributed by atoms with Gasteiger partial charge in [-0.25, -0.2) is 0 Å². The molecule has 0 aromatic carbocycles. The van der Waals surface area contributed by atoms with Gasteiger partial charge in [0, 0.05) is 12.6 Å². The normalized spacial score (nSPS) is 21.2. The molecular weight excluding hydrogens is 235 g/mol. The Morgan fingerprint density at radius 1 is 1.59 bits per heavy atom. The maximum Gasteiger partial charge on any atom is 0.429 e. The highest BCUT2D eigenvalue weighted by Gasteiger charge is 2.39. The maximum atomic E-state index is 12.5. The van der Waals surface area contributed by atoms with E-state index in [0.29, 0.717) is 6.42 Å². The molecule has 0 aromatic rings. The number of alkyl halides is 3. The molecule has 0 aromatic heterocycles. The number of carbonyl (C=O) groups is 1. The number of rotatable bonds is 3. The lowest BCUT2D eigenvalue weighted by molar-refractivity contribution is -0.300. The minimum Gasteiger partial charge on any atom is -0.545 e. The van der Waals surface area contributed by atoms with E-state index in [4.69, 9.17) is 0 Å². The third kappa shape index (κ3) is 3.57. The molecule has 0 bridgehead atoms. The van der Waals surface area contributed by atoms with Crippen LogP contribution in [0.5, 0.6) is 0 Å². The van der Waals surface area contributed by atoms with Crippen molar-refractivity contribution in [1.82, 2.24) is 0 Å². The highest BCUT2D eigenvalue weighted by Crippen LogP contribution is 2.32. The Balaban J connectivity index is 2.97. The molecular formula is C11H13F3NO2-. The summed E-state index contributed by atoms with van der Waals surface area (Å²) in [5, 5.41) is 10.8. The fraction of sp³-hybridized carbons (Fsp3) is 0.636. The molecule has 0 saturated heterocycles. The quantitative estimate of drug-likeness (QED) is 0.763. The van der Waals surface area contributed by atoms with Gasteiger partial charge in [-0.05, 0) is 23.8 Å². The molecule has 3 nitrogen and oxygen atoms in total. The number of aliphatic carboxylic acids is 1. The summed E-state index contributed by atoms with van der Waals surface area (Å²) >= 11 is 0. The molecule has 0 saturated carbocycles. The Bertz CT molecular complexity index is 369. The number of carboxylic acid groups (broad SMARTS) is 1. The van der Waals surface area contributed by atoms with E-state index in [1.54, 1.807) is 0 Å². The van der Waals surface area contributed by atoms with E-state index in [1.807, 2.05) is 13.8 Å². The van der Waals surface area contributed by atoms with E-state index in [9.17, 15) is 23.1 Å². The largest absolute Gasteiger partial charge is 0.545 e. The zero-order chi connectivity index (χ0) is 13.2. The number of aliphatic imine (C=N–C) groups is 1. The summed E-state index contributed by atoms with van der Waals surface area (Å²) in [6.45, 7) is 3.65. The van der Waals surface area contributed by atoms with Gasteiger partial charge in [-0.3, -0.25) is 4.99 Å². The standard InChI is InChI=1S/C11H14F3NO2/c1-6(2)3-7-4-9(11(12,13)14)15-5-8(7)10(16)17/h5-7H,3-4H2,1-2H3,(H,16,17)/p-1. The van der Waals surface area contributed by atoms with Gasteiger partial charge in [-0.15, -0.1) is 0 Å². The molecule has 1 aliphatic rings. The van der Waals surface area contributed by atoms with Gasteiger partial charge < -0.3 is 9.90 Å². The fourth-order valence-electron chi connectivity index (χ4n) is 1.84. The van der Waals surface area contributed by atoms with Crippen LogP contribution in [0.15, 0.2) is 16.8 Å². The molecule has 0 fully saturated rings. The SMILES string of the molecule is CC(C)CC1CC(C(F)(F)F)=NC=C1C(=O)[O-]. The summed E-state index contributed by atoms with van der Waals surface area (Å²) in [7, 11) is 0. The number of halogens is 3. The third-order valence-corrected chi connectivity index (χ3v) is 2.56. The van der Waals surface area contributed by atoms with E-state index in [0.717, 1.165) is 6.20 Å². The number of nitrogens with zero attached hydrogens (tertiary/aromatic N) is 1. The van der Waals surface area contributed by atoms with Crippen LogP contribution in [0, 0.1) is 11.8 Å². The molecule has 0 N–H and O–H groups in total. The van der Waals surface area contributed by atoms with E-state index in [-0.39, 0.29) is 17.9 Å². The second-order valence-corrected chi connectivity index (χ2v) is 4.48. The van der Waals surface area contributed by atoms with Crippen molar-refractivity contribution in [3.05, 3.63) is 11.8 Å². The van der Waals surface area contributed by atoms with Crippen molar-refractivity contribution in [3.8, 4) is 0 Å². The van der Waals surface area contributed by atoms with Gasteiger partial charge in [-0.1, -0.05) is 13.8 Å². The van der Waals surface area contributed by atoms with E-state index < -0.39 is 23.8 Å². The molecule has 6 heteroatoms. The van der Waals surface area contributed by atoms with Crippen LogP contribution >= 0.6 is 0 Å². The lowest BCUT2D eigenvalue weighted by Gasteiger charge is -2.26. The lowest BCUT2D eigenvalue weighted by atomic mass is 9.85. The molecule has 1 unspecified atom stereocenters. The molecule has 1 rings (SSSR count). The lowest BCUT2D eigenvalue weighted by Crippen LogP contribution is -2.35. The Morgan fingerprint density at radius 2 is 2.18 bits per heavy atom. The third-order valence-electron chi connectivity index (χ3n) is 2.56. The smallest absolute Gasteiger partial charge is 0.429 e. The average Bonchev–Trinajstić information content (AvgIpc) is 2.14. The highest BCUT2D eigenvalue weighted by atomic mass is 19.4. The van der Waals surface area contributed by atoms with Gasteiger partial charge in [0.05, 0.1) is 5.97 Å². The molecule has 17 heavy (non-hydrogen) atoms. The van der Waals surface area contributed by atoms with E-state index in [1.165, 1.54) is 0 Å². The van der Waals surface area contributed by atoms with Crippen molar-refractivity contribution in [2.75, 3.05) is 0 Å². The van der Waals surface area contributed by atoms with Crippen LogP contribution in [0.25, 0.3) is 0 Å². The minimum atomic E-state index is -4.50. The van der Waals surface area contributed by atoms with Gasteiger partial charge in [0.15, 0.2) is 0 Å². The second kappa shape index (κ2) is 4.89. The van der Waals surface area contributed by atoms with Crippen molar-refractivity contribution < 1.29 is 23.1 Å². The number of hydrogen-bond acceptors (Lipinski definition) is 3. The van der Waals surface area contributed by atoms with Crippen molar-refractivity contribution in [2.24, 2.45) is 16.8 Å². The highest BCUT2D eigenvalue weighted by molar-refractivity contribution is 5.95. The van der Waals surface area contributed by atoms with Crippen molar-refractivity contribution in [3.63, 3.8) is 0 Å². The number of carboxylic acids is 1. The molecule has 0 amide bonds. The minimum absolute atomic E-state index is 0.107. The van der Waals surface area contributed by atoms with Crippen LogP contribution < -0.4 is 5.11 Å².